The summed E-state index contributed by atoms with van der Waals surface area (Å²) in [6.45, 7) is 4.65. The molecule has 6 heteroatoms. The van der Waals surface area contributed by atoms with Crippen LogP contribution in [0.15, 0.2) is 72.0 Å². The fraction of sp³-hybridized carbons (Fsp3) is 0.280. The van der Waals surface area contributed by atoms with E-state index in [9.17, 15) is 19.8 Å². The number of nitrogens with zero attached hydrogens (tertiary/aromatic N) is 1. The Morgan fingerprint density at radius 2 is 1.77 bits per heavy atom. The molecular formula is C25H27NO5. The molecule has 162 valence electrons. The number of carbonyl (C=O) groups is 2. The Balaban J connectivity index is 1.89. The zero-order chi connectivity index (χ0) is 22.4. The first-order valence-electron chi connectivity index (χ1n) is 10.3. The van der Waals surface area contributed by atoms with Crippen molar-refractivity contribution in [2.45, 2.75) is 32.4 Å². The fourth-order valence-corrected chi connectivity index (χ4v) is 3.52. The molecule has 0 spiro atoms. The van der Waals surface area contributed by atoms with E-state index in [4.69, 9.17) is 4.74 Å². The van der Waals surface area contributed by atoms with Gasteiger partial charge < -0.3 is 19.8 Å². The quantitative estimate of drug-likeness (QED) is 0.468. The third kappa shape index (κ3) is 5.41. The normalized spacial score (nSPS) is 16.7. The van der Waals surface area contributed by atoms with Gasteiger partial charge in [-0.1, -0.05) is 48.5 Å². The monoisotopic (exact) mass is 421 g/mol. The molecule has 6 nitrogen and oxygen atoms in total. The first kappa shape index (κ1) is 22.3. The Labute approximate surface area is 182 Å². The number of benzene rings is 2. The summed E-state index contributed by atoms with van der Waals surface area (Å²) >= 11 is 0. The van der Waals surface area contributed by atoms with Crippen LogP contribution in [0.3, 0.4) is 0 Å². The SMILES string of the molecule is CC(C)OCCCN1C(=O)C(O)=C(C(=O)/C=C/c2ccccc2)[C@H]1c1ccc(O)cc1. The third-order valence-corrected chi connectivity index (χ3v) is 5.00. The highest BCUT2D eigenvalue weighted by atomic mass is 16.5. The Morgan fingerprint density at radius 3 is 2.42 bits per heavy atom. The van der Waals surface area contributed by atoms with Crippen LogP contribution in [0.1, 0.15) is 37.4 Å². The average molecular weight is 421 g/mol. The van der Waals surface area contributed by atoms with E-state index in [0.29, 0.717) is 25.1 Å². The molecule has 2 N–H and O–H groups in total. The van der Waals surface area contributed by atoms with Gasteiger partial charge in [0.15, 0.2) is 11.5 Å². The van der Waals surface area contributed by atoms with E-state index >= 15 is 0 Å². The lowest BCUT2D eigenvalue weighted by atomic mass is 9.95. The van der Waals surface area contributed by atoms with Crippen LogP contribution < -0.4 is 0 Å². The maximum Gasteiger partial charge on any atom is 0.290 e. The molecule has 0 fully saturated rings. The standard InChI is InChI=1S/C25H27NO5/c1-17(2)31-16-6-15-26-23(19-10-12-20(27)13-11-19)22(24(29)25(26)30)21(28)14-9-18-7-4-3-5-8-18/h3-5,7-14,17,23,27,29H,6,15-16H2,1-2H3/b14-9+/t23-/m1/s1. The summed E-state index contributed by atoms with van der Waals surface area (Å²) in [7, 11) is 0. The van der Waals surface area contributed by atoms with Gasteiger partial charge >= 0.3 is 0 Å². The van der Waals surface area contributed by atoms with Gasteiger partial charge in [0.25, 0.3) is 5.91 Å². The Bertz CT molecular complexity index is 977. The van der Waals surface area contributed by atoms with Crippen molar-refractivity contribution in [3.8, 4) is 5.75 Å². The number of phenolic OH excluding ortho intramolecular Hbond substituents is 1. The number of rotatable bonds is 9. The number of phenols is 1. The van der Waals surface area contributed by atoms with Gasteiger partial charge in [0.05, 0.1) is 17.7 Å². The van der Waals surface area contributed by atoms with Gasteiger partial charge in [-0.3, -0.25) is 9.59 Å². The molecule has 1 amide bonds. The number of amides is 1. The number of aliphatic hydroxyl groups excluding tert-OH is 1. The van der Waals surface area contributed by atoms with E-state index in [1.54, 1.807) is 18.2 Å². The number of allylic oxidation sites excluding steroid dienone is 1. The van der Waals surface area contributed by atoms with Crippen LogP contribution >= 0.6 is 0 Å². The second-order valence-corrected chi connectivity index (χ2v) is 7.64. The summed E-state index contributed by atoms with van der Waals surface area (Å²) in [5.41, 5.74) is 1.51. The summed E-state index contributed by atoms with van der Waals surface area (Å²) in [5, 5.41) is 20.2. The van der Waals surface area contributed by atoms with Crippen molar-refractivity contribution in [2.75, 3.05) is 13.2 Å². The van der Waals surface area contributed by atoms with Crippen LogP contribution in [0.2, 0.25) is 0 Å². The van der Waals surface area contributed by atoms with Crippen LogP contribution in [-0.2, 0) is 14.3 Å². The molecule has 1 atom stereocenters. The minimum absolute atomic E-state index is 0.0349. The van der Waals surface area contributed by atoms with Crippen LogP contribution in [0, 0.1) is 0 Å². The molecule has 2 aromatic rings. The topological polar surface area (TPSA) is 87.1 Å². The van der Waals surface area contributed by atoms with Crippen molar-refractivity contribution in [3.05, 3.63) is 83.1 Å². The second-order valence-electron chi connectivity index (χ2n) is 7.64. The summed E-state index contributed by atoms with van der Waals surface area (Å²) in [6.07, 6.45) is 3.66. The molecule has 3 rings (SSSR count). The van der Waals surface area contributed by atoms with E-state index < -0.39 is 23.5 Å². The number of ether oxygens (including phenoxy) is 1. The molecule has 0 saturated carbocycles. The predicted molar refractivity (Wildman–Crippen MR) is 118 cm³/mol. The van der Waals surface area contributed by atoms with Gasteiger partial charge in [-0.05, 0) is 49.6 Å². The van der Waals surface area contributed by atoms with Crippen molar-refractivity contribution >= 4 is 17.8 Å². The Kier molecular flexibility index (Phi) is 7.26. The number of hydrogen-bond donors (Lipinski definition) is 2. The number of ketones is 1. The first-order chi connectivity index (χ1) is 14.9. The van der Waals surface area contributed by atoms with Gasteiger partial charge in [0, 0.05) is 13.2 Å². The maximum atomic E-state index is 13.0. The summed E-state index contributed by atoms with van der Waals surface area (Å²) in [4.78, 5) is 27.3. The largest absolute Gasteiger partial charge is 0.508 e. The third-order valence-electron chi connectivity index (χ3n) is 5.00. The molecule has 0 bridgehead atoms. The molecule has 0 saturated heterocycles. The lowest BCUT2D eigenvalue weighted by Crippen LogP contribution is -2.32. The number of aromatic hydroxyl groups is 1. The van der Waals surface area contributed by atoms with Crippen LogP contribution in [0.25, 0.3) is 6.08 Å². The highest BCUT2D eigenvalue weighted by Gasteiger charge is 2.42. The van der Waals surface area contributed by atoms with Gasteiger partial charge in [-0.25, -0.2) is 0 Å². The molecule has 0 unspecified atom stereocenters. The molecule has 1 heterocycles. The van der Waals surface area contributed by atoms with Crippen LogP contribution in [-0.4, -0.2) is 46.1 Å². The molecule has 2 aromatic carbocycles. The molecule has 1 aliphatic heterocycles. The van der Waals surface area contributed by atoms with Gasteiger partial charge in [0.1, 0.15) is 5.75 Å². The number of aliphatic hydroxyl groups is 1. The van der Waals surface area contributed by atoms with Crippen molar-refractivity contribution in [3.63, 3.8) is 0 Å². The molecule has 0 aromatic heterocycles. The van der Waals surface area contributed by atoms with E-state index in [1.807, 2.05) is 44.2 Å². The Hall–Kier alpha value is -3.38. The molecule has 31 heavy (non-hydrogen) atoms. The lowest BCUT2D eigenvalue weighted by Gasteiger charge is -2.26. The van der Waals surface area contributed by atoms with Crippen molar-refractivity contribution in [1.82, 2.24) is 4.90 Å². The van der Waals surface area contributed by atoms with E-state index in [0.717, 1.165) is 5.56 Å². The molecule has 0 radical (unpaired) electrons. The number of carbonyl (C=O) groups excluding carboxylic acids is 2. The zero-order valence-corrected chi connectivity index (χ0v) is 17.7. The highest BCUT2D eigenvalue weighted by Crippen LogP contribution is 2.38. The molecule has 0 aliphatic carbocycles. The van der Waals surface area contributed by atoms with E-state index in [-0.39, 0.29) is 17.4 Å². The smallest absolute Gasteiger partial charge is 0.290 e. The lowest BCUT2D eigenvalue weighted by molar-refractivity contribution is -0.129. The minimum atomic E-state index is -0.736. The highest BCUT2D eigenvalue weighted by molar-refractivity contribution is 6.14. The summed E-state index contributed by atoms with van der Waals surface area (Å²) in [5.74, 6) is -1.48. The van der Waals surface area contributed by atoms with Crippen molar-refractivity contribution < 1.29 is 24.5 Å². The Morgan fingerprint density at radius 1 is 1.10 bits per heavy atom. The average Bonchev–Trinajstić information content (AvgIpc) is 3.01. The molecule has 1 aliphatic rings. The fourth-order valence-electron chi connectivity index (χ4n) is 3.52. The van der Waals surface area contributed by atoms with E-state index in [1.165, 1.54) is 23.1 Å². The second kappa shape index (κ2) is 10.1. The minimum Gasteiger partial charge on any atom is -0.508 e. The maximum absolute atomic E-state index is 13.0. The number of hydrogen-bond acceptors (Lipinski definition) is 5. The van der Waals surface area contributed by atoms with Crippen molar-refractivity contribution in [1.29, 1.82) is 0 Å². The first-order valence-corrected chi connectivity index (χ1v) is 10.3. The van der Waals surface area contributed by atoms with Crippen LogP contribution in [0.4, 0.5) is 0 Å². The summed E-state index contributed by atoms with van der Waals surface area (Å²) < 4.78 is 5.56. The molecular weight excluding hydrogens is 394 g/mol. The van der Waals surface area contributed by atoms with E-state index in [2.05, 4.69) is 0 Å². The zero-order valence-electron chi connectivity index (χ0n) is 17.7. The van der Waals surface area contributed by atoms with Crippen molar-refractivity contribution in [2.24, 2.45) is 0 Å². The summed E-state index contributed by atoms with van der Waals surface area (Å²) in [6, 6.07) is 14.9. The van der Waals surface area contributed by atoms with Gasteiger partial charge in [-0.2, -0.15) is 0 Å². The van der Waals surface area contributed by atoms with Gasteiger partial charge in [-0.15, -0.1) is 0 Å². The van der Waals surface area contributed by atoms with Crippen LogP contribution in [0.5, 0.6) is 5.75 Å². The van der Waals surface area contributed by atoms with Gasteiger partial charge in [0.2, 0.25) is 0 Å². The predicted octanol–water partition coefficient (Wildman–Crippen LogP) is 4.19.